The number of piperidine rings is 1. The van der Waals surface area contributed by atoms with Crippen molar-refractivity contribution in [3.63, 3.8) is 0 Å². The first kappa shape index (κ1) is 19.6. The van der Waals surface area contributed by atoms with E-state index >= 15 is 0 Å². The Hall–Kier alpha value is -1.69. The van der Waals surface area contributed by atoms with Gasteiger partial charge >= 0.3 is 6.03 Å². The average Bonchev–Trinajstić information content (AvgIpc) is 2.63. The van der Waals surface area contributed by atoms with E-state index in [-0.39, 0.29) is 23.2 Å². The zero-order valence-corrected chi connectivity index (χ0v) is 16.0. The van der Waals surface area contributed by atoms with Gasteiger partial charge in [-0.3, -0.25) is 4.79 Å². The van der Waals surface area contributed by atoms with E-state index in [1.54, 1.807) is 11.8 Å². The number of nitrogens with zero attached hydrogens (tertiary/aromatic N) is 1. The summed E-state index contributed by atoms with van der Waals surface area (Å²) in [5.74, 6) is 1.15. The summed E-state index contributed by atoms with van der Waals surface area (Å²) in [6.07, 6.45) is 3.92. The molecule has 1 saturated heterocycles. The highest BCUT2D eigenvalue weighted by Crippen LogP contribution is 2.16. The van der Waals surface area contributed by atoms with Gasteiger partial charge in [-0.25, -0.2) is 4.79 Å². The lowest BCUT2D eigenvalue weighted by Crippen LogP contribution is -2.49. The SMILES string of the molecule is CCCCS[C@H](C)C(=O)NC1CCN(C(=O)Nc2ccccc2)CC1. The van der Waals surface area contributed by atoms with E-state index in [2.05, 4.69) is 17.6 Å². The van der Waals surface area contributed by atoms with Crippen LogP contribution in [0, 0.1) is 0 Å². The number of benzene rings is 1. The first-order chi connectivity index (χ1) is 12.1. The number of hydrogen-bond donors (Lipinski definition) is 2. The fourth-order valence-electron chi connectivity index (χ4n) is 2.75. The van der Waals surface area contributed by atoms with E-state index in [1.807, 2.05) is 42.2 Å². The maximum atomic E-state index is 12.3. The van der Waals surface area contributed by atoms with Crippen LogP contribution in [-0.2, 0) is 4.79 Å². The van der Waals surface area contributed by atoms with Crippen molar-refractivity contribution in [2.45, 2.75) is 50.8 Å². The van der Waals surface area contributed by atoms with E-state index < -0.39 is 0 Å². The number of carbonyl (C=O) groups excluding carboxylic acids is 2. The number of carbonyl (C=O) groups is 2. The van der Waals surface area contributed by atoms with Gasteiger partial charge in [0.1, 0.15) is 0 Å². The van der Waals surface area contributed by atoms with Crippen molar-refractivity contribution in [1.82, 2.24) is 10.2 Å². The first-order valence-electron chi connectivity index (χ1n) is 9.13. The van der Waals surface area contributed by atoms with Crippen LogP contribution in [0.15, 0.2) is 30.3 Å². The monoisotopic (exact) mass is 363 g/mol. The first-order valence-corrected chi connectivity index (χ1v) is 10.2. The molecule has 25 heavy (non-hydrogen) atoms. The van der Waals surface area contributed by atoms with Crippen molar-refractivity contribution < 1.29 is 9.59 Å². The standard InChI is InChI=1S/C19H29N3O2S/c1-3-4-14-25-15(2)18(23)20-17-10-12-22(13-11-17)19(24)21-16-8-6-5-7-9-16/h5-9,15,17H,3-4,10-14H2,1-2H3,(H,20,23)(H,21,24)/t15-/m1/s1. The number of para-hydroxylation sites is 1. The number of nitrogens with one attached hydrogen (secondary N) is 2. The number of anilines is 1. The fourth-order valence-corrected chi connectivity index (χ4v) is 3.78. The Morgan fingerprint density at radius 2 is 1.92 bits per heavy atom. The molecule has 0 unspecified atom stereocenters. The molecule has 0 radical (unpaired) electrons. The second-order valence-corrected chi connectivity index (χ2v) is 7.88. The minimum Gasteiger partial charge on any atom is -0.352 e. The van der Waals surface area contributed by atoms with E-state index in [9.17, 15) is 9.59 Å². The zero-order valence-electron chi connectivity index (χ0n) is 15.2. The van der Waals surface area contributed by atoms with Crippen molar-refractivity contribution in [2.24, 2.45) is 0 Å². The van der Waals surface area contributed by atoms with Gasteiger partial charge in [0, 0.05) is 24.8 Å². The summed E-state index contributed by atoms with van der Waals surface area (Å²) in [5, 5.41) is 6.04. The highest BCUT2D eigenvalue weighted by Gasteiger charge is 2.25. The lowest BCUT2D eigenvalue weighted by atomic mass is 10.1. The number of urea groups is 1. The van der Waals surface area contributed by atoms with Crippen molar-refractivity contribution in [3.05, 3.63) is 30.3 Å². The van der Waals surface area contributed by atoms with Gasteiger partial charge in [0.25, 0.3) is 0 Å². The summed E-state index contributed by atoms with van der Waals surface area (Å²) < 4.78 is 0. The Bertz CT molecular complexity index is 545. The molecule has 2 N–H and O–H groups in total. The van der Waals surface area contributed by atoms with Crippen LogP contribution in [-0.4, -0.2) is 47.0 Å². The maximum absolute atomic E-state index is 12.3. The summed E-state index contributed by atoms with van der Waals surface area (Å²) in [4.78, 5) is 26.3. The number of hydrogen-bond acceptors (Lipinski definition) is 3. The summed E-state index contributed by atoms with van der Waals surface area (Å²) in [6.45, 7) is 5.47. The molecule has 1 aromatic rings. The second-order valence-electron chi connectivity index (χ2n) is 6.43. The third-order valence-electron chi connectivity index (χ3n) is 4.39. The molecule has 0 bridgehead atoms. The van der Waals surface area contributed by atoms with Gasteiger partial charge in [0.05, 0.1) is 5.25 Å². The smallest absolute Gasteiger partial charge is 0.321 e. The lowest BCUT2D eigenvalue weighted by Gasteiger charge is -2.32. The van der Waals surface area contributed by atoms with Crippen molar-refractivity contribution in [3.8, 4) is 0 Å². The molecule has 1 aliphatic rings. The zero-order chi connectivity index (χ0) is 18.1. The van der Waals surface area contributed by atoms with E-state index in [0.29, 0.717) is 13.1 Å². The highest BCUT2D eigenvalue weighted by molar-refractivity contribution is 8.00. The van der Waals surface area contributed by atoms with Gasteiger partial charge in [-0.1, -0.05) is 31.5 Å². The van der Waals surface area contributed by atoms with Crippen LogP contribution >= 0.6 is 11.8 Å². The molecular weight excluding hydrogens is 334 g/mol. The molecule has 1 aliphatic heterocycles. The molecule has 1 atom stereocenters. The predicted octanol–water partition coefficient (Wildman–Crippen LogP) is 3.72. The topological polar surface area (TPSA) is 61.4 Å². The molecule has 1 heterocycles. The van der Waals surface area contributed by atoms with Gasteiger partial charge in [0.2, 0.25) is 5.91 Å². The summed E-state index contributed by atoms with van der Waals surface area (Å²) in [5.41, 5.74) is 0.806. The van der Waals surface area contributed by atoms with Crippen LogP contribution < -0.4 is 10.6 Å². The molecule has 3 amide bonds. The molecule has 6 heteroatoms. The third-order valence-corrected chi connectivity index (χ3v) is 5.63. The predicted molar refractivity (Wildman–Crippen MR) is 105 cm³/mol. The Morgan fingerprint density at radius 3 is 2.56 bits per heavy atom. The fraction of sp³-hybridized carbons (Fsp3) is 0.579. The normalized spacial score (nSPS) is 16.3. The number of likely N-dealkylation sites (tertiary alicyclic amines) is 1. The number of rotatable bonds is 7. The minimum atomic E-state index is -0.0699. The van der Waals surface area contributed by atoms with Crippen LogP contribution in [0.1, 0.15) is 39.5 Å². The summed E-state index contributed by atoms with van der Waals surface area (Å²) in [7, 11) is 0. The van der Waals surface area contributed by atoms with Gasteiger partial charge < -0.3 is 15.5 Å². The second kappa shape index (κ2) is 10.3. The molecule has 0 saturated carbocycles. The van der Waals surface area contributed by atoms with Crippen molar-refractivity contribution in [1.29, 1.82) is 0 Å². The largest absolute Gasteiger partial charge is 0.352 e. The quantitative estimate of drug-likeness (QED) is 0.726. The molecule has 1 fully saturated rings. The molecule has 0 spiro atoms. The minimum absolute atomic E-state index is 0.00837. The Kier molecular flexibility index (Phi) is 8.12. The number of unbranched alkanes of at least 4 members (excludes halogenated alkanes) is 1. The van der Waals surface area contributed by atoms with Crippen LogP contribution in [0.2, 0.25) is 0 Å². The molecular formula is C19H29N3O2S. The van der Waals surface area contributed by atoms with E-state index in [4.69, 9.17) is 0 Å². The van der Waals surface area contributed by atoms with Gasteiger partial charge in [-0.15, -0.1) is 11.8 Å². The van der Waals surface area contributed by atoms with Gasteiger partial charge in [-0.05, 0) is 44.1 Å². The van der Waals surface area contributed by atoms with Crippen LogP contribution in [0.5, 0.6) is 0 Å². The molecule has 1 aromatic carbocycles. The maximum Gasteiger partial charge on any atom is 0.321 e. The molecule has 138 valence electrons. The number of amides is 3. The van der Waals surface area contributed by atoms with Crippen LogP contribution in [0.3, 0.4) is 0 Å². The van der Waals surface area contributed by atoms with Crippen LogP contribution in [0.25, 0.3) is 0 Å². The summed E-state index contributed by atoms with van der Waals surface area (Å²) >= 11 is 1.72. The molecule has 2 rings (SSSR count). The Morgan fingerprint density at radius 1 is 1.24 bits per heavy atom. The third kappa shape index (κ3) is 6.61. The van der Waals surface area contributed by atoms with Crippen molar-refractivity contribution in [2.75, 3.05) is 24.2 Å². The highest BCUT2D eigenvalue weighted by atomic mass is 32.2. The van der Waals surface area contributed by atoms with E-state index in [1.165, 1.54) is 0 Å². The van der Waals surface area contributed by atoms with Crippen molar-refractivity contribution >= 4 is 29.4 Å². The average molecular weight is 364 g/mol. The Balaban J connectivity index is 1.70. The molecule has 5 nitrogen and oxygen atoms in total. The van der Waals surface area contributed by atoms with Crippen LogP contribution in [0.4, 0.5) is 10.5 Å². The molecule has 0 aromatic heterocycles. The Labute approximate surface area is 154 Å². The summed E-state index contributed by atoms with van der Waals surface area (Å²) in [6, 6.07) is 9.58. The van der Waals surface area contributed by atoms with E-state index in [0.717, 1.165) is 37.1 Å². The van der Waals surface area contributed by atoms with Gasteiger partial charge in [0.15, 0.2) is 0 Å². The lowest BCUT2D eigenvalue weighted by molar-refractivity contribution is -0.121. The molecule has 0 aliphatic carbocycles. The van der Waals surface area contributed by atoms with Gasteiger partial charge in [-0.2, -0.15) is 0 Å². The number of thioether (sulfide) groups is 1.